The molecule has 0 saturated heterocycles. The first kappa shape index (κ1) is 22.4. The molecule has 0 aromatic heterocycles. The van der Waals surface area contributed by atoms with Crippen LogP contribution in [-0.2, 0) is 4.79 Å². The second kappa shape index (κ2) is 9.22. The fourth-order valence-corrected chi connectivity index (χ4v) is 3.32. The van der Waals surface area contributed by atoms with E-state index in [4.69, 9.17) is 26.2 Å². The van der Waals surface area contributed by atoms with Gasteiger partial charge in [0.05, 0.1) is 40.3 Å². The van der Waals surface area contributed by atoms with Crippen LogP contribution in [0.25, 0.3) is 6.08 Å². The van der Waals surface area contributed by atoms with Crippen LogP contribution < -0.4 is 14.5 Å². The number of amides is 1. The highest BCUT2D eigenvalue weighted by Crippen LogP contribution is 2.38. The van der Waals surface area contributed by atoms with Gasteiger partial charge in [-0.05, 0) is 75.7 Å². The molecule has 0 unspecified atom stereocenters. The van der Waals surface area contributed by atoms with Crippen LogP contribution in [0.1, 0.15) is 43.6 Å². The molecule has 1 aliphatic rings. The average Bonchev–Trinajstić information content (AvgIpc) is 2.99. The number of carboxylic acid groups (broad SMARTS) is 1. The van der Waals surface area contributed by atoms with Crippen molar-refractivity contribution in [3.63, 3.8) is 0 Å². The minimum atomic E-state index is -1.04. The Hall–Kier alpha value is -3.32. The smallest absolute Gasteiger partial charge is 0.335 e. The van der Waals surface area contributed by atoms with E-state index in [0.29, 0.717) is 45.7 Å². The number of halogens is 1. The number of benzene rings is 2. The molecule has 8 heteroatoms. The number of ether oxygens (including phenoxy) is 2. The average molecular weight is 443 g/mol. The maximum Gasteiger partial charge on any atom is 0.335 e. The van der Waals surface area contributed by atoms with Crippen LogP contribution in [0.3, 0.4) is 0 Å². The second-order valence-corrected chi connectivity index (χ2v) is 7.55. The molecule has 2 aromatic rings. The Labute approximate surface area is 185 Å². The van der Waals surface area contributed by atoms with Gasteiger partial charge in [0, 0.05) is 0 Å². The van der Waals surface area contributed by atoms with Gasteiger partial charge in [0.1, 0.15) is 0 Å². The number of hydrazone groups is 1. The van der Waals surface area contributed by atoms with Crippen molar-refractivity contribution < 1.29 is 24.2 Å². The highest BCUT2D eigenvalue weighted by Gasteiger charge is 2.29. The van der Waals surface area contributed by atoms with Gasteiger partial charge < -0.3 is 14.6 Å². The van der Waals surface area contributed by atoms with Gasteiger partial charge in [0.15, 0.2) is 11.5 Å². The van der Waals surface area contributed by atoms with Crippen LogP contribution in [0.5, 0.6) is 11.5 Å². The molecule has 0 aliphatic carbocycles. The Morgan fingerprint density at radius 1 is 1.26 bits per heavy atom. The standard InChI is InChI=1S/C23H23ClN2O5/c1-5-30-20-12-15(11-19(24)21(20)31-13(2)3)10-18-14(4)25-26(22(18)27)17-8-6-16(7-9-17)23(28)29/h6-13H,5H2,1-4H3,(H,28,29)/b18-10+. The molecule has 0 saturated carbocycles. The summed E-state index contributed by atoms with van der Waals surface area (Å²) < 4.78 is 11.5. The second-order valence-electron chi connectivity index (χ2n) is 7.14. The Morgan fingerprint density at radius 3 is 2.52 bits per heavy atom. The van der Waals surface area contributed by atoms with Crippen LogP contribution in [0.15, 0.2) is 47.1 Å². The van der Waals surface area contributed by atoms with Crippen molar-refractivity contribution in [3.8, 4) is 11.5 Å². The molecule has 0 fully saturated rings. The molecule has 2 aromatic carbocycles. The summed E-state index contributed by atoms with van der Waals surface area (Å²) in [4.78, 5) is 24.0. The number of hydrogen-bond donors (Lipinski definition) is 1. The number of hydrogen-bond acceptors (Lipinski definition) is 5. The number of aromatic carboxylic acids is 1. The van der Waals surface area contributed by atoms with E-state index in [9.17, 15) is 9.59 Å². The lowest BCUT2D eigenvalue weighted by Crippen LogP contribution is -2.21. The molecule has 0 radical (unpaired) electrons. The van der Waals surface area contributed by atoms with Crippen molar-refractivity contribution >= 4 is 41.0 Å². The zero-order chi connectivity index (χ0) is 22.7. The van der Waals surface area contributed by atoms with Crippen LogP contribution in [0.4, 0.5) is 5.69 Å². The lowest BCUT2D eigenvalue weighted by molar-refractivity contribution is -0.114. The molecule has 1 heterocycles. The van der Waals surface area contributed by atoms with Gasteiger partial charge in [0.2, 0.25) is 0 Å². The number of rotatable bonds is 7. The maximum absolute atomic E-state index is 13.0. The third-order valence-electron chi connectivity index (χ3n) is 4.42. The third kappa shape index (κ3) is 4.88. The molecule has 7 nitrogen and oxygen atoms in total. The van der Waals surface area contributed by atoms with Gasteiger partial charge in [-0.25, -0.2) is 4.79 Å². The summed E-state index contributed by atoms with van der Waals surface area (Å²) in [5.74, 6) is -0.399. The van der Waals surface area contributed by atoms with Gasteiger partial charge in [-0.1, -0.05) is 11.6 Å². The van der Waals surface area contributed by atoms with Gasteiger partial charge in [-0.3, -0.25) is 4.79 Å². The fraction of sp³-hybridized carbons (Fsp3) is 0.261. The van der Waals surface area contributed by atoms with E-state index in [-0.39, 0.29) is 17.6 Å². The Morgan fingerprint density at radius 2 is 1.94 bits per heavy atom. The topological polar surface area (TPSA) is 88.4 Å². The lowest BCUT2D eigenvalue weighted by Gasteiger charge is -2.17. The van der Waals surface area contributed by atoms with Gasteiger partial charge in [-0.2, -0.15) is 10.1 Å². The zero-order valence-corrected chi connectivity index (χ0v) is 18.4. The molecule has 31 heavy (non-hydrogen) atoms. The number of anilines is 1. The number of carbonyl (C=O) groups is 2. The zero-order valence-electron chi connectivity index (χ0n) is 17.7. The van der Waals surface area contributed by atoms with Crippen molar-refractivity contribution in [1.29, 1.82) is 0 Å². The van der Waals surface area contributed by atoms with Crippen LogP contribution >= 0.6 is 11.6 Å². The lowest BCUT2D eigenvalue weighted by atomic mass is 10.1. The Kier molecular flexibility index (Phi) is 6.65. The van der Waals surface area contributed by atoms with E-state index >= 15 is 0 Å². The number of carbonyl (C=O) groups excluding carboxylic acids is 1. The van der Waals surface area contributed by atoms with Gasteiger partial charge in [-0.15, -0.1) is 0 Å². The quantitative estimate of drug-likeness (QED) is 0.607. The molecular weight excluding hydrogens is 420 g/mol. The fourth-order valence-electron chi connectivity index (χ4n) is 3.06. The summed E-state index contributed by atoms with van der Waals surface area (Å²) in [5.41, 5.74) is 2.22. The van der Waals surface area contributed by atoms with Crippen molar-refractivity contribution in [2.24, 2.45) is 5.10 Å². The summed E-state index contributed by atoms with van der Waals surface area (Å²) in [7, 11) is 0. The minimum absolute atomic E-state index is 0.0761. The normalized spacial score (nSPS) is 14.9. The van der Waals surface area contributed by atoms with Crippen LogP contribution in [-0.4, -0.2) is 35.4 Å². The number of carboxylic acids is 1. The molecule has 1 aliphatic heterocycles. The van der Waals surface area contributed by atoms with Crippen LogP contribution in [0, 0.1) is 0 Å². The minimum Gasteiger partial charge on any atom is -0.490 e. The van der Waals surface area contributed by atoms with E-state index in [0.717, 1.165) is 0 Å². The van der Waals surface area contributed by atoms with Gasteiger partial charge >= 0.3 is 5.97 Å². The van der Waals surface area contributed by atoms with E-state index in [1.807, 2.05) is 20.8 Å². The molecule has 162 valence electrons. The first-order chi connectivity index (χ1) is 14.7. The molecule has 0 atom stereocenters. The Balaban J connectivity index is 1.94. The summed E-state index contributed by atoms with van der Waals surface area (Å²) in [6.07, 6.45) is 1.62. The summed E-state index contributed by atoms with van der Waals surface area (Å²) >= 11 is 6.43. The van der Waals surface area contributed by atoms with Crippen molar-refractivity contribution in [2.75, 3.05) is 11.6 Å². The first-order valence-electron chi connectivity index (χ1n) is 9.79. The first-order valence-corrected chi connectivity index (χ1v) is 10.2. The summed E-state index contributed by atoms with van der Waals surface area (Å²) in [6, 6.07) is 9.43. The third-order valence-corrected chi connectivity index (χ3v) is 4.70. The van der Waals surface area contributed by atoms with Crippen molar-refractivity contribution in [3.05, 3.63) is 58.1 Å². The molecular formula is C23H23ClN2O5. The SMILES string of the molecule is CCOc1cc(/C=C2/C(=O)N(c3ccc(C(=O)O)cc3)N=C2C)cc(Cl)c1OC(C)C. The molecule has 1 N–H and O–H groups in total. The van der Waals surface area contributed by atoms with E-state index in [1.54, 1.807) is 37.3 Å². The summed E-state index contributed by atoms with van der Waals surface area (Å²) in [6.45, 7) is 7.83. The Bertz CT molecular complexity index is 1070. The monoisotopic (exact) mass is 442 g/mol. The van der Waals surface area contributed by atoms with E-state index in [1.165, 1.54) is 17.1 Å². The van der Waals surface area contributed by atoms with E-state index in [2.05, 4.69) is 5.10 Å². The van der Waals surface area contributed by atoms with E-state index < -0.39 is 5.97 Å². The highest BCUT2D eigenvalue weighted by atomic mass is 35.5. The summed E-state index contributed by atoms with van der Waals surface area (Å²) in [5, 5.41) is 15.0. The molecule has 0 spiro atoms. The largest absolute Gasteiger partial charge is 0.490 e. The highest BCUT2D eigenvalue weighted by molar-refractivity contribution is 6.33. The maximum atomic E-state index is 13.0. The predicted octanol–water partition coefficient (Wildman–Crippen LogP) is 5.03. The van der Waals surface area contributed by atoms with Crippen molar-refractivity contribution in [2.45, 2.75) is 33.8 Å². The molecule has 3 rings (SSSR count). The molecule has 1 amide bonds. The van der Waals surface area contributed by atoms with Gasteiger partial charge in [0.25, 0.3) is 5.91 Å². The van der Waals surface area contributed by atoms with Crippen molar-refractivity contribution in [1.82, 2.24) is 0 Å². The predicted molar refractivity (Wildman–Crippen MR) is 120 cm³/mol. The molecule has 0 bridgehead atoms. The number of nitrogens with zero attached hydrogens (tertiary/aromatic N) is 2. The van der Waals surface area contributed by atoms with Crippen LogP contribution in [0.2, 0.25) is 5.02 Å².